The standard InChI is InChI=1S/C5H5ClN4/c6-4-2-9-3(1-7)5(8)10-4/h1-2,7H,(H2,8,10). The van der Waals surface area contributed by atoms with Crippen LogP contribution in [0.4, 0.5) is 5.82 Å². The summed E-state index contributed by atoms with van der Waals surface area (Å²) in [6.45, 7) is 0. The summed E-state index contributed by atoms with van der Waals surface area (Å²) in [6.07, 6.45) is 2.37. The lowest BCUT2D eigenvalue weighted by molar-refractivity contribution is 1.19. The predicted molar refractivity (Wildman–Crippen MR) is 39.3 cm³/mol. The van der Waals surface area contributed by atoms with Crippen LogP contribution in [0.2, 0.25) is 5.15 Å². The van der Waals surface area contributed by atoms with E-state index < -0.39 is 0 Å². The molecule has 0 aliphatic carbocycles. The van der Waals surface area contributed by atoms with E-state index in [4.69, 9.17) is 22.7 Å². The SMILES string of the molecule is N=Cc1ncc(Cl)nc1N. The van der Waals surface area contributed by atoms with E-state index in [1.165, 1.54) is 6.20 Å². The maximum atomic E-state index is 6.80. The van der Waals surface area contributed by atoms with Gasteiger partial charge in [-0.05, 0) is 0 Å². The minimum atomic E-state index is 0.183. The van der Waals surface area contributed by atoms with Gasteiger partial charge in [0.05, 0.1) is 6.20 Å². The van der Waals surface area contributed by atoms with Crippen LogP contribution in [0.25, 0.3) is 0 Å². The van der Waals surface area contributed by atoms with E-state index in [0.717, 1.165) is 6.21 Å². The highest BCUT2D eigenvalue weighted by Crippen LogP contribution is 2.06. The molecule has 0 unspecified atom stereocenters. The molecule has 0 fully saturated rings. The molecule has 1 aromatic rings. The fourth-order valence-corrected chi connectivity index (χ4v) is 0.641. The second-order valence-electron chi connectivity index (χ2n) is 1.61. The molecule has 10 heavy (non-hydrogen) atoms. The summed E-state index contributed by atoms with van der Waals surface area (Å²) in [7, 11) is 0. The molecule has 0 radical (unpaired) electrons. The van der Waals surface area contributed by atoms with Crippen LogP contribution in [0.5, 0.6) is 0 Å². The summed E-state index contributed by atoms with van der Waals surface area (Å²) in [5.41, 5.74) is 5.66. The molecule has 5 heteroatoms. The Morgan fingerprint density at radius 2 is 2.40 bits per heavy atom. The Labute approximate surface area is 62.6 Å². The van der Waals surface area contributed by atoms with Crippen molar-refractivity contribution in [2.45, 2.75) is 0 Å². The molecule has 3 N–H and O–H groups in total. The van der Waals surface area contributed by atoms with Crippen molar-refractivity contribution >= 4 is 23.6 Å². The van der Waals surface area contributed by atoms with Crippen molar-refractivity contribution < 1.29 is 0 Å². The molecule has 0 aromatic carbocycles. The number of rotatable bonds is 1. The quantitative estimate of drug-likeness (QED) is 0.588. The molecule has 0 spiro atoms. The van der Waals surface area contributed by atoms with Gasteiger partial charge in [0.2, 0.25) is 0 Å². The zero-order valence-corrected chi connectivity index (χ0v) is 5.76. The monoisotopic (exact) mass is 156 g/mol. The molecule has 52 valence electrons. The number of hydrogen-bond donors (Lipinski definition) is 2. The molecule has 1 rings (SSSR count). The van der Waals surface area contributed by atoms with Gasteiger partial charge in [0, 0.05) is 6.21 Å². The number of nitrogen functional groups attached to an aromatic ring is 1. The van der Waals surface area contributed by atoms with E-state index in [-0.39, 0.29) is 11.0 Å². The van der Waals surface area contributed by atoms with Crippen LogP contribution >= 0.6 is 11.6 Å². The zero-order valence-electron chi connectivity index (χ0n) is 5.00. The first-order chi connectivity index (χ1) is 4.74. The van der Waals surface area contributed by atoms with E-state index >= 15 is 0 Å². The second-order valence-corrected chi connectivity index (χ2v) is 1.99. The van der Waals surface area contributed by atoms with Crippen molar-refractivity contribution in [3.05, 3.63) is 17.0 Å². The summed E-state index contributed by atoms with van der Waals surface area (Å²) >= 11 is 5.45. The Morgan fingerprint density at radius 1 is 1.70 bits per heavy atom. The zero-order chi connectivity index (χ0) is 7.56. The second kappa shape index (κ2) is 2.62. The molecule has 1 heterocycles. The Hall–Kier alpha value is -1.16. The molecule has 1 aromatic heterocycles. The topological polar surface area (TPSA) is 75.7 Å². The van der Waals surface area contributed by atoms with Gasteiger partial charge in [-0.1, -0.05) is 11.6 Å². The highest BCUT2D eigenvalue weighted by atomic mass is 35.5. The Kier molecular flexibility index (Phi) is 1.82. The van der Waals surface area contributed by atoms with Crippen LogP contribution in [0.15, 0.2) is 6.20 Å². The molecule has 0 atom stereocenters. The van der Waals surface area contributed by atoms with Crippen LogP contribution in [-0.4, -0.2) is 16.2 Å². The van der Waals surface area contributed by atoms with Gasteiger partial charge in [0.15, 0.2) is 5.82 Å². The van der Waals surface area contributed by atoms with Crippen molar-refractivity contribution in [2.24, 2.45) is 0 Å². The number of halogens is 1. The third-order valence-corrected chi connectivity index (χ3v) is 1.12. The van der Waals surface area contributed by atoms with E-state index in [9.17, 15) is 0 Å². The molecule has 4 nitrogen and oxygen atoms in total. The average molecular weight is 157 g/mol. The number of nitrogens with one attached hydrogen (secondary N) is 1. The van der Waals surface area contributed by atoms with Gasteiger partial charge >= 0.3 is 0 Å². The number of nitrogens with two attached hydrogens (primary N) is 1. The summed E-state index contributed by atoms with van der Waals surface area (Å²) in [6, 6.07) is 0. The van der Waals surface area contributed by atoms with Gasteiger partial charge in [-0.2, -0.15) is 0 Å². The van der Waals surface area contributed by atoms with E-state index in [1.807, 2.05) is 0 Å². The molecule has 0 saturated heterocycles. The van der Waals surface area contributed by atoms with E-state index in [0.29, 0.717) is 5.69 Å². The van der Waals surface area contributed by atoms with Crippen molar-refractivity contribution in [1.29, 1.82) is 5.41 Å². The minimum absolute atomic E-state index is 0.183. The predicted octanol–water partition coefficient (Wildman–Crippen LogP) is 0.710. The first-order valence-electron chi connectivity index (χ1n) is 2.52. The number of nitrogens with zero attached hydrogens (tertiary/aromatic N) is 2. The summed E-state index contributed by atoms with van der Waals surface area (Å²) < 4.78 is 0. The van der Waals surface area contributed by atoms with E-state index in [1.54, 1.807) is 0 Å². The van der Waals surface area contributed by atoms with Gasteiger partial charge in [0.25, 0.3) is 0 Å². The van der Waals surface area contributed by atoms with Crippen molar-refractivity contribution in [3.63, 3.8) is 0 Å². The maximum Gasteiger partial charge on any atom is 0.152 e. The van der Waals surface area contributed by atoms with Crippen molar-refractivity contribution in [2.75, 3.05) is 5.73 Å². The van der Waals surface area contributed by atoms with Crippen molar-refractivity contribution in [3.8, 4) is 0 Å². The number of anilines is 1. The summed E-state index contributed by atoms with van der Waals surface area (Å²) in [5.74, 6) is 0.183. The van der Waals surface area contributed by atoms with Crippen molar-refractivity contribution in [1.82, 2.24) is 9.97 Å². The minimum Gasteiger partial charge on any atom is -0.382 e. The van der Waals surface area contributed by atoms with E-state index in [2.05, 4.69) is 9.97 Å². The molecular formula is C5H5ClN4. The Bertz CT molecular complexity index is 260. The normalized spacial score (nSPS) is 9.30. The van der Waals surface area contributed by atoms with Gasteiger partial charge in [-0.15, -0.1) is 0 Å². The highest BCUT2D eigenvalue weighted by molar-refractivity contribution is 6.29. The maximum absolute atomic E-state index is 6.80. The number of hydrogen-bond acceptors (Lipinski definition) is 4. The third-order valence-electron chi connectivity index (χ3n) is 0.937. The van der Waals surface area contributed by atoms with Crippen LogP contribution in [-0.2, 0) is 0 Å². The molecule has 0 bridgehead atoms. The third kappa shape index (κ3) is 1.22. The lowest BCUT2D eigenvalue weighted by atomic mass is 10.4. The lowest BCUT2D eigenvalue weighted by Crippen LogP contribution is -1.99. The molecule has 0 amide bonds. The first kappa shape index (κ1) is 6.95. The van der Waals surface area contributed by atoms with Crippen LogP contribution in [0.1, 0.15) is 5.69 Å². The van der Waals surface area contributed by atoms with Crippen LogP contribution < -0.4 is 5.73 Å². The highest BCUT2D eigenvalue weighted by Gasteiger charge is 1.97. The summed E-state index contributed by atoms with van der Waals surface area (Å²) in [4.78, 5) is 7.41. The van der Waals surface area contributed by atoms with Crippen LogP contribution in [0.3, 0.4) is 0 Å². The van der Waals surface area contributed by atoms with Gasteiger partial charge < -0.3 is 11.1 Å². The fourth-order valence-electron chi connectivity index (χ4n) is 0.501. The van der Waals surface area contributed by atoms with Gasteiger partial charge in [-0.25, -0.2) is 9.97 Å². The summed E-state index contributed by atoms with van der Waals surface area (Å²) in [5, 5.41) is 7.04. The molecular weight excluding hydrogens is 152 g/mol. The lowest BCUT2D eigenvalue weighted by Gasteiger charge is -1.95. The van der Waals surface area contributed by atoms with Gasteiger partial charge in [0.1, 0.15) is 10.8 Å². The molecule has 0 saturated carbocycles. The smallest absolute Gasteiger partial charge is 0.152 e. The number of aromatic nitrogens is 2. The average Bonchev–Trinajstić information content (AvgIpc) is 1.88. The fraction of sp³-hybridized carbons (Fsp3) is 0. The van der Waals surface area contributed by atoms with Crippen LogP contribution in [0, 0.1) is 5.41 Å². The molecule has 0 aliphatic heterocycles. The molecule has 0 aliphatic rings. The Morgan fingerprint density at radius 3 is 2.90 bits per heavy atom. The van der Waals surface area contributed by atoms with Gasteiger partial charge in [-0.3, -0.25) is 0 Å². The Balaban J connectivity index is 3.19. The first-order valence-corrected chi connectivity index (χ1v) is 2.90. The largest absolute Gasteiger partial charge is 0.382 e.